The van der Waals surface area contributed by atoms with Gasteiger partial charge in [-0.1, -0.05) is 107 Å². The molecule has 2 rings (SSSR count). The van der Waals surface area contributed by atoms with Crippen molar-refractivity contribution in [2.24, 2.45) is 0 Å². The molecule has 0 aliphatic carbocycles. The highest BCUT2D eigenvalue weighted by Gasteiger charge is 2.35. The molecule has 31 heavy (non-hydrogen) atoms. The van der Waals surface area contributed by atoms with Crippen molar-refractivity contribution in [2.45, 2.75) is 102 Å². The zero-order valence-electron chi connectivity index (χ0n) is 19.1. The number of benzene rings is 1. The van der Waals surface area contributed by atoms with Crippen LogP contribution in [0.1, 0.15) is 83.1 Å². The molecule has 0 unspecified atom stereocenters. The molecule has 0 bridgehead atoms. The summed E-state index contributed by atoms with van der Waals surface area (Å²) in [7, 11) is 0. The molecule has 0 aromatic heterocycles. The third kappa shape index (κ3) is 10.8. The van der Waals surface area contributed by atoms with E-state index in [-0.39, 0.29) is 19.3 Å². The first-order valence-electron chi connectivity index (χ1n) is 12.1. The highest BCUT2D eigenvalue weighted by molar-refractivity contribution is 5.67. The molecule has 1 amide bonds. The van der Waals surface area contributed by atoms with Crippen LogP contribution >= 0.6 is 0 Å². The third-order valence-corrected chi connectivity index (χ3v) is 5.78. The molecule has 1 fully saturated rings. The van der Waals surface area contributed by atoms with Gasteiger partial charge in [-0.05, 0) is 18.4 Å². The first kappa shape index (κ1) is 25.4. The Bertz CT molecular complexity index is 619. The molecular weight excluding hydrogens is 390 g/mol. The largest absolute Gasteiger partial charge is 0.445 e. The minimum atomic E-state index is -0.756. The first-order chi connectivity index (χ1) is 15.2. The summed E-state index contributed by atoms with van der Waals surface area (Å²) in [6.07, 6.45) is 16.6. The second kappa shape index (κ2) is 15.9. The molecule has 5 nitrogen and oxygen atoms in total. The Hall–Kier alpha value is -1.85. The molecule has 0 saturated carbocycles. The number of ether oxygens (including phenoxy) is 2. The van der Waals surface area contributed by atoms with Crippen molar-refractivity contribution in [2.75, 3.05) is 6.61 Å². The van der Waals surface area contributed by atoms with Gasteiger partial charge in [0.15, 0.2) is 0 Å². The van der Waals surface area contributed by atoms with E-state index >= 15 is 0 Å². The SMILES string of the molecule is CCCCCCCCCCCC/C=C/[C@@H]1OC[C@H](NC(=O)OCc2ccccc2)[C@@H]1O. The number of amides is 1. The number of carbonyl (C=O) groups is 1. The second-order valence-corrected chi connectivity index (χ2v) is 8.50. The van der Waals surface area contributed by atoms with Crippen molar-refractivity contribution in [3.63, 3.8) is 0 Å². The Balaban J connectivity index is 1.50. The smallest absolute Gasteiger partial charge is 0.407 e. The van der Waals surface area contributed by atoms with E-state index in [9.17, 15) is 9.90 Å². The van der Waals surface area contributed by atoms with Crippen LogP contribution in [0, 0.1) is 0 Å². The number of hydrogen-bond donors (Lipinski definition) is 2. The van der Waals surface area contributed by atoms with Crippen LogP contribution in [0.4, 0.5) is 4.79 Å². The Labute approximate surface area is 188 Å². The molecular formula is C26H41NO4. The molecule has 1 aliphatic rings. The van der Waals surface area contributed by atoms with Crippen LogP contribution in [0.3, 0.4) is 0 Å². The number of nitrogens with one attached hydrogen (secondary N) is 1. The maximum Gasteiger partial charge on any atom is 0.407 e. The number of unbranched alkanes of at least 4 members (excludes halogenated alkanes) is 10. The number of aliphatic hydroxyl groups excluding tert-OH is 1. The predicted molar refractivity (Wildman–Crippen MR) is 125 cm³/mol. The summed E-state index contributed by atoms with van der Waals surface area (Å²) in [5.74, 6) is 0. The van der Waals surface area contributed by atoms with E-state index in [1.165, 1.54) is 64.2 Å². The highest BCUT2D eigenvalue weighted by Crippen LogP contribution is 2.17. The van der Waals surface area contributed by atoms with Crippen LogP contribution in [-0.2, 0) is 16.1 Å². The standard InChI is InChI=1S/C26H41NO4/c1-2-3-4-5-6-7-8-9-10-11-12-16-19-24-25(28)23(21-30-24)27-26(29)31-20-22-17-14-13-15-18-22/h13-19,23-25,28H,2-12,20-21H2,1H3,(H,27,29)/b19-16+/t23-,24-,25-/m0/s1. The van der Waals surface area contributed by atoms with Gasteiger partial charge < -0.3 is 19.9 Å². The normalized spacial score (nSPS) is 20.9. The van der Waals surface area contributed by atoms with Crippen LogP contribution < -0.4 is 5.32 Å². The van der Waals surface area contributed by atoms with Crippen LogP contribution in [0.25, 0.3) is 0 Å². The average molecular weight is 432 g/mol. The number of rotatable bonds is 15. The summed E-state index contributed by atoms with van der Waals surface area (Å²) in [6.45, 7) is 2.75. The van der Waals surface area contributed by atoms with Gasteiger partial charge in [0.1, 0.15) is 18.8 Å². The van der Waals surface area contributed by atoms with Gasteiger partial charge in [-0.15, -0.1) is 0 Å². The molecule has 3 atom stereocenters. The molecule has 1 heterocycles. The molecule has 0 radical (unpaired) electrons. The summed E-state index contributed by atoms with van der Waals surface area (Å²) in [4.78, 5) is 12.0. The van der Waals surface area contributed by atoms with Crippen molar-refractivity contribution in [3.8, 4) is 0 Å². The van der Waals surface area contributed by atoms with E-state index in [0.717, 1.165) is 12.0 Å². The Morgan fingerprint density at radius 2 is 1.71 bits per heavy atom. The quantitative estimate of drug-likeness (QED) is 0.268. The van der Waals surface area contributed by atoms with Crippen LogP contribution in [-0.4, -0.2) is 36.1 Å². The lowest BCUT2D eigenvalue weighted by molar-refractivity contribution is 0.0712. The van der Waals surface area contributed by atoms with Crippen molar-refractivity contribution in [1.29, 1.82) is 0 Å². The number of hydrogen-bond acceptors (Lipinski definition) is 4. The maximum atomic E-state index is 12.0. The lowest BCUT2D eigenvalue weighted by Crippen LogP contribution is -2.44. The monoisotopic (exact) mass is 431 g/mol. The highest BCUT2D eigenvalue weighted by atomic mass is 16.6. The molecule has 174 valence electrons. The number of aliphatic hydroxyl groups is 1. The molecule has 1 aromatic carbocycles. The minimum Gasteiger partial charge on any atom is -0.445 e. The van der Waals surface area contributed by atoms with Crippen LogP contribution in [0.2, 0.25) is 0 Å². The molecule has 1 aromatic rings. The predicted octanol–water partition coefficient (Wildman–Crippen LogP) is 5.91. The van der Waals surface area contributed by atoms with Gasteiger partial charge in [-0.25, -0.2) is 4.79 Å². The third-order valence-electron chi connectivity index (χ3n) is 5.78. The molecule has 5 heteroatoms. The molecule has 1 aliphatic heterocycles. The summed E-state index contributed by atoms with van der Waals surface area (Å²) < 4.78 is 10.9. The fraction of sp³-hybridized carbons (Fsp3) is 0.654. The van der Waals surface area contributed by atoms with Crippen molar-refractivity contribution in [1.82, 2.24) is 5.32 Å². The number of alkyl carbamates (subject to hydrolysis) is 1. The molecule has 0 spiro atoms. The lowest BCUT2D eigenvalue weighted by atomic mass is 10.1. The Morgan fingerprint density at radius 3 is 2.39 bits per heavy atom. The van der Waals surface area contributed by atoms with Gasteiger partial charge in [0.05, 0.1) is 12.6 Å². The fourth-order valence-corrected chi connectivity index (χ4v) is 3.83. The van der Waals surface area contributed by atoms with Gasteiger partial charge in [-0.2, -0.15) is 0 Å². The zero-order chi connectivity index (χ0) is 22.2. The molecule has 1 saturated heterocycles. The number of carbonyl (C=O) groups excluding carboxylic acids is 1. The second-order valence-electron chi connectivity index (χ2n) is 8.50. The Morgan fingerprint density at radius 1 is 1.06 bits per heavy atom. The number of allylic oxidation sites excluding steroid dienone is 1. The van der Waals surface area contributed by atoms with Crippen molar-refractivity contribution < 1.29 is 19.4 Å². The van der Waals surface area contributed by atoms with E-state index in [1.807, 2.05) is 36.4 Å². The maximum absolute atomic E-state index is 12.0. The summed E-state index contributed by atoms with van der Waals surface area (Å²) in [5, 5.41) is 13.1. The van der Waals surface area contributed by atoms with E-state index < -0.39 is 18.2 Å². The van der Waals surface area contributed by atoms with Crippen LogP contribution in [0.5, 0.6) is 0 Å². The van der Waals surface area contributed by atoms with Gasteiger partial charge in [-0.3, -0.25) is 0 Å². The van der Waals surface area contributed by atoms with Crippen LogP contribution in [0.15, 0.2) is 42.5 Å². The van der Waals surface area contributed by atoms with Gasteiger partial charge in [0, 0.05) is 0 Å². The minimum absolute atomic E-state index is 0.207. The van der Waals surface area contributed by atoms with E-state index in [2.05, 4.69) is 18.3 Å². The van der Waals surface area contributed by atoms with E-state index in [4.69, 9.17) is 9.47 Å². The summed E-state index contributed by atoms with van der Waals surface area (Å²) >= 11 is 0. The Kier molecular flexibility index (Phi) is 13.0. The lowest BCUT2D eigenvalue weighted by Gasteiger charge is -2.16. The summed E-state index contributed by atoms with van der Waals surface area (Å²) in [6, 6.07) is 9.07. The zero-order valence-corrected chi connectivity index (χ0v) is 19.1. The van der Waals surface area contributed by atoms with Crippen molar-refractivity contribution >= 4 is 6.09 Å². The average Bonchev–Trinajstić information content (AvgIpc) is 3.13. The van der Waals surface area contributed by atoms with Gasteiger partial charge in [0.2, 0.25) is 0 Å². The molecule has 2 N–H and O–H groups in total. The first-order valence-corrected chi connectivity index (χ1v) is 12.1. The summed E-state index contributed by atoms with van der Waals surface area (Å²) in [5.41, 5.74) is 0.925. The van der Waals surface area contributed by atoms with Gasteiger partial charge in [0.25, 0.3) is 0 Å². The van der Waals surface area contributed by atoms with Gasteiger partial charge >= 0.3 is 6.09 Å². The van der Waals surface area contributed by atoms with E-state index in [0.29, 0.717) is 0 Å². The van der Waals surface area contributed by atoms with E-state index in [1.54, 1.807) is 0 Å². The fourth-order valence-electron chi connectivity index (χ4n) is 3.83. The van der Waals surface area contributed by atoms with Crippen molar-refractivity contribution in [3.05, 3.63) is 48.0 Å². The topological polar surface area (TPSA) is 67.8 Å².